The lowest BCUT2D eigenvalue weighted by molar-refractivity contribution is -0.254. The standard InChI is InChI=1S/C17H14N2O4S/c1-9-13-15(20)18-12(19-16(13)24-14(9)17(21)22)8-7-10-5-3-4-6-11(10)23-2/h3-8H,1-2H3,(H,21,22)(H,18,19,20)/p-1/b8-7+. The molecule has 0 atom stereocenters. The summed E-state index contributed by atoms with van der Waals surface area (Å²) in [6.07, 6.45) is 3.41. The molecule has 0 aliphatic rings. The van der Waals surface area contributed by atoms with Gasteiger partial charge in [-0.25, -0.2) is 4.98 Å². The molecule has 2 heterocycles. The van der Waals surface area contributed by atoms with E-state index in [1.54, 1.807) is 26.2 Å². The van der Waals surface area contributed by atoms with Crippen LogP contribution in [0.5, 0.6) is 5.75 Å². The average Bonchev–Trinajstić information content (AvgIpc) is 2.90. The highest BCUT2D eigenvalue weighted by Crippen LogP contribution is 2.26. The number of nitrogens with zero attached hydrogens (tertiary/aromatic N) is 1. The van der Waals surface area contributed by atoms with E-state index in [1.165, 1.54) is 0 Å². The van der Waals surface area contributed by atoms with Gasteiger partial charge in [0.1, 0.15) is 16.4 Å². The van der Waals surface area contributed by atoms with E-state index in [0.29, 0.717) is 22.0 Å². The Morgan fingerprint density at radius 1 is 1.33 bits per heavy atom. The molecule has 1 N–H and O–H groups in total. The van der Waals surface area contributed by atoms with Gasteiger partial charge in [-0.3, -0.25) is 4.79 Å². The van der Waals surface area contributed by atoms with Gasteiger partial charge >= 0.3 is 0 Å². The summed E-state index contributed by atoms with van der Waals surface area (Å²) < 4.78 is 5.26. The van der Waals surface area contributed by atoms with Crippen LogP contribution in [-0.4, -0.2) is 23.0 Å². The largest absolute Gasteiger partial charge is 0.544 e. The Morgan fingerprint density at radius 2 is 2.08 bits per heavy atom. The number of benzene rings is 1. The maximum atomic E-state index is 12.2. The zero-order valence-corrected chi connectivity index (χ0v) is 13.8. The number of aromatic carboxylic acids is 1. The highest BCUT2D eigenvalue weighted by molar-refractivity contribution is 7.20. The lowest BCUT2D eigenvalue weighted by atomic mass is 10.2. The normalized spacial score (nSPS) is 11.2. The van der Waals surface area contributed by atoms with E-state index in [2.05, 4.69) is 9.97 Å². The highest BCUT2D eigenvalue weighted by atomic mass is 32.1. The van der Waals surface area contributed by atoms with Crippen LogP contribution in [0.2, 0.25) is 0 Å². The second kappa shape index (κ2) is 6.29. The van der Waals surface area contributed by atoms with Crippen molar-refractivity contribution in [2.75, 3.05) is 7.11 Å². The molecule has 2 aromatic heterocycles. The highest BCUT2D eigenvalue weighted by Gasteiger charge is 2.14. The van der Waals surface area contributed by atoms with Gasteiger partial charge in [-0.15, -0.1) is 11.3 Å². The Balaban J connectivity index is 2.07. The molecule has 0 radical (unpaired) electrons. The van der Waals surface area contributed by atoms with Crippen molar-refractivity contribution in [1.82, 2.24) is 9.97 Å². The Hall–Kier alpha value is -2.93. The number of carboxylic acids is 1. The van der Waals surface area contributed by atoms with Gasteiger partial charge in [-0.05, 0) is 30.7 Å². The number of hydrogen-bond acceptors (Lipinski definition) is 6. The molecule has 0 aliphatic heterocycles. The van der Waals surface area contributed by atoms with Crippen molar-refractivity contribution in [1.29, 1.82) is 0 Å². The average molecular weight is 341 g/mol. The van der Waals surface area contributed by atoms with Crippen molar-refractivity contribution in [2.45, 2.75) is 6.92 Å². The summed E-state index contributed by atoms with van der Waals surface area (Å²) in [5.41, 5.74) is 0.838. The van der Waals surface area contributed by atoms with Crippen molar-refractivity contribution >= 4 is 39.7 Å². The smallest absolute Gasteiger partial charge is 0.260 e. The van der Waals surface area contributed by atoms with Crippen LogP contribution < -0.4 is 15.4 Å². The van der Waals surface area contributed by atoms with Gasteiger partial charge in [-0.1, -0.05) is 18.2 Å². The third-order valence-electron chi connectivity index (χ3n) is 3.56. The number of fused-ring (bicyclic) bond motifs is 1. The summed E-state index contributed by atoms with van der Waals surface area (Å²) in [6.45, 7) is 1.57. The Labute approximate surface area is 141 Å². The minimum Gasteiger partial charge on any atom is -0.544 e. The van der Waals surface area contributed by atoms with Crippen LogP contribution in [0.4, 0.5) is 0 Å². The Morgan fingerprint density at radius 3 is 2.79 bits per heavy atom. The Bertz CT molecular complexity index is 1020. The first-order chi connectivity index (χ1) is 11.5. The number of aryl methyl sites for hydroxylation is 1. The second-order valence-corrected chi connectivity index (χ2v) is 6.05. The zero-order valence-electron chi connectivity index (χ0n) is 13.0. The fourth-order valence-electron chi connectivity index (χ4n) is 2.41. The summed E-state index contributed by atoms with van der Waals surface area (Å²) >= 11 is 0.938. The zero-order chi connectivity index (χ0) is 17.3. The first-order valence-electron chi connectivity index (χ1n) is 7.07. The van der Waals surface area contributed by atoms with Gasteiger partial charge in [0.15, 0.2) is 0 Å². The quantitative estimate of drug-likeness (QED) is 0.781. The fraction of sp³-hybridized carbons (Fsp3) is 0.118. The van der Waals surface area contributed by atoms with Crippen molar-refractivity contribution in [3.63, 3.8) is 0 Å². The monoisotopic (exact) mass is 341 g/mol. The van der Waals surface area contributed by atoms with E-state index < -0.39 is 5.97 Å². The first kappa shape index (κ1) is 15.9. The van der Waals surface area contributed by atoms with E-state index in [0.717, 1.165) is 16.9 Å². The minimum atomic E-state index is -1.30. The molecule has 0 spiro atoms. The number of ether oxygens (including phenoxy) is 1. The number of thiophene rings is 1. The fourth-order valence-corrected chi connectivity index (χ4v) is 3.43. The summed E-state index contributed by atoms with van der Waals surface area (Å²) in [4.78, 5) is 30.7. The van der Waals surface area contributed by atoms with E-state index in [4.69, 9.17) is 4.74 Å². The van der Waals surface area contributed by atoms with Gasteiger partial charge in [0, 0.05) is 5.56 Å². The molecule has 0 bridgehead atoms. The molecule has 3 aromatic rings. The molecule has 6 nitrogen and oxygen atoms in total. The third-order valence-corrected chi connectivity index (χ3v) is 4.73. The summed E-state index contributed by atoms with van der Waals surface area (Å²) in [7, 11) is 1.58. The molecule has 0 amide bonds. The van der Waals surface area contributed by atoms with Crippen LogP contribution in [-0.2, 0) is 0 Å². The molecule has 122 valence electrons. The molecule has 1 aromatic carbocycles. The molecular formula is C17H13N2O4S-. The molecule has 3 rings (SSSR count). The number of carboxylic acid groups (broad SMARTS) is 1. The lowest BCUT2D eigenvalue weighted by Crippen LogP contribution is -2.21. The molecule has 0 saturated carbocycles. The minimum absolute atomic E-state index is 0.0221. The van der Waals surface area contributed by atoms with Crippen LogP contribution in [0.3, 0.4) is 0 Å². The summed E-state index contributed by atoms with van der Waals surface area (Å²) in [5, 5.41) is 11.4. The van der Waals surface area contributed by atoms with Crippen molar-refractivity contribution in [3.8, 4) is 5.75 Å². The van der Waals surface area contributed by atoms with Crippen LogP contribution in [0, 0.1) is 6.92 Å². The number of aromatic amines is 1. The van der Waals surface area contributed by atoms with Gasteiger partial charge in [0.2, 0.25) is 0 Å². The SMILES string of the molecule is COc1ccccc1/C=C/c1nc2sc(C(=O)[O-])c(C)c2c(=O)[nH]1. The van der Waals surface area contributed by atoms with Crippen LogP contribution >= 0.6 is 11.3 Å². The molecule has 0 aliphatic carbocycles. The van der Waals surface area contributed by atoms with E-state index in [1.807, 2.05) is 24.3 Å². The molecular weight excluding hydrogens is 328 g/mol. The lowest BCUT2D eigenvalue weighted by Gasteiger charge is -2.03. The number of rotatable bonds is 4. The van der Waals surface area contributed by atoms with Crippen LogP contribution in [0.25, 0.3) is 22.4 Å². The molecule has 7 heteroatoms. The van der Waals surface area contributed by atoms with Crippen LogP contribution in [0.15, 0.2) is 29.1 Å². The molecule has 0 unspecified atom stereocenters. The van der Waals surface area contributed by atoms with E-state index in [-0.39, 0.29) is 15.8 Å². The number of H-pyrrole nitrogens is 1. The van der Waals surface area contributed by atoms with E-state index >= 15 is 0 Å². The second-order valence-electron chi connectivity index (χ2n) is 5.05. The molecule has 0 saturated heterocycles. The first-order valence-corrected chi connectivity index (χ1v) is 7.88. The van der Waals surface area contributed by atoms with Crippen LogP contribution in [0.1, 0.15) is 26.6 Å². The Kier molecular flexibility index (Phi) is 4.18. The van der Waals surface area contributed by atoms with E-state index in [9.17, 15) is 14.7 Å². The number of hydrogen-bond donors (Lipinski definition) is 1. The third kappa shape index (κ3) is 2.81. The number of carbonyl (C=O) groups excluding carboxylic acids is 1. The number of aromatic nitrogens is 2. The van der Waals surface area contributed by atoms with Crippen molar-refractivity contribution < 1.29 is 14.6 Å². The number of methoxy groups -OCH3 is 1. The number of carbonyl (C=O) groups is 1. The van der Waals surface area contributed by atoms with Gasteiger partial charge in [0.05, 0.1) is 23.3 Å². The van der Waals surface area contributed by atoms with Gasteiger partial charge < -0.3 is 19.6 Å². The predicted molar refractivity (Wildman–Crippen MR) is 91.2 cm³/mol. The van der Waals surface area contributed by atoms with Gasteiger partial charge in [-0.2, -0.15) is 0 Å². The van der Waals surface area contributed by atoms with Crippen molar-refractivity contribution in [3.05, 3.63) is 56.4 Å². The molecule has 0 fully saturated rings. The number of para-hydroxylation sites is 1. The number of nitrogens with one attached hydrogen (secondary N) is 1. The predicted octanol–water partition coefficient (Wildman–Crippen LogP) is 1.84. The maximum absolute atomic E-state index is 12.2. The van der Waals surface area contributed by atoms with Crippen molar-refractivity contribution in [2.24, 2.45) is 0 Å². The maximum Gasteiger partial charge on any atom is 0.260 e. The van der Waals surface area contributed by atoms with Gasteiger partial charge in [0.25, 0.3) is 5.56 Å². The summed E-state index contributed by atoms with van der Waals surface area (Å²) in [5.74, 6) is -0.269. The molecule has 24 heavy (non-hydrogen) atoms. The topological polar surface area (TPSA) is 95.1 Å². The summed E-state index contributed by atoms with van der Waals surface area (Å²) in [6, 6.07) is 7.43.